The van der Waals surface area contributed by atoms with Gasteiger partial charge in [-0.3, -0.25) is 14.4 Å². The highest BCUT2D eigenvalue weighted by Gasteiger charge is 2.19. The molecule has 0 amide bonds. The predicted octanol–water partition coefficient (Wildman–Crippen LogP) is 16.3. The molecule has 344 valence electrons. The molecular weight excluding hydrogens is 745 g/mol. The fourth-order valence-electron chi connectivity index (χ4n) is 6.82. The van der Waals surface area contributed by atoms with E-state index >= 15 is 0 Å². The average molecular weight is 837 g/mol. The van der Waals surface area contributed by atoms with E-state index in [1.807, 2.05) is 54.7 Å². The van der Waals surface area contributed by atoms with Crippen molar-refractivity contribution in [2.24, 2.45) is 0 Å². The molecule has 60 heavy (non-hydrogen) atoms. The third-order valence-corrected chi connectivity index (χ3v) is 10.6. The van der Waals surface area contributed by atoms with Crippen molar-refractivity contribution in [2.45, 2.75) is 239 Å². The number of hydrogen-bond acceptors (Lipinski definition) is 6. The summed E-state index contributed by atoms with van der Waals surface area (Å²) < 4.78 is 16.7. The van der Waals surface area contributed by atoms with Crippen LogP contribution < -0.4 is 0 Å². The summed E-state index contributed by atoms with van der Waals surface area (Å²) in [5.41, 5.74) is 0. The van der Waals surface area contributed by atoms with Crippen LogP contribution in [-0.4, -0.2) is 37.2 Å². The Bertz CT molecular complexity index is 1140. The Labute approximate surface area is 370 Å². The fourth-order valence-corrected chi connectivity index (χ4v) is 6.82. The molecule has 0 aromatic rings. The van der Waals surface area contributed by atoms with Crippen molar-refractivity contribution in [1.82, 2.24) is 0 Å². The summed E-state index contributed by atoms with van der Waals surface area (Å²) in [5, 5.41) is 0. The number of rotatable bonds is 44. The normalized spacial score (nSPS) is 12.7. The van der Waals surface area contributed by atoms with E-state index in [9.17, 15) is 14.4 Å². The van der Waals surface area contributed by atoms with Crippen LogP contribution in [0.5, 0.6) is 0 Å². The van der Waals surface area contributed by atoms with Gasteiger partial charge < -0.3 is 14.2 Å². The lowest BCUT2D eigenvalue weighted by molar-refractivity contribution is -0.167. The molecule has 0 radical (unpaired) electrons. The van der Waals surface area contributed by atoms with Crippen molar-refractivity contribution in [3.05, 3.63) is 72.9 Å². The van der Waals surface area contributed by atoms with Crippen molar-refractivity contribution in [3.8, 4) is 0 Å². The first-order valence-corrected chi connectivity index (χ1v) is 25.0. The van der Waals surface area contributed by atoms with Gasteiger partial charge in [-0.1, -0.05) is 229 Å². The predicted molar refractivity (Wildman–Crippen MR) is 256 cm³/mol. The maximum atomic E-state index is 12.8. The Morgan fingerprint density at radius 1 is 0.350 bits per heavy atom. The minimum atomic E-state index is -0.802. The zero-order chi connectivity index (χ0) is 43.7. The maximum absolute atomic E-state index is 12.8. The van der Waals surface area contributed by atoms with E-state index in [1.54, 1.807) is 0 Å². The molecule has 0 aromatic heterocycles. The van der Waals surface area contributed by atoms with E-state index in [1.165, 1.54) is 135 Å². The highest BCUT2D eigenvalue weighted by atomic mass is 16.6. The van der Waals surface area contributed by atoms with E-state index in [4.69, 9.17) is 14.2 Å². The summed E-state index contributed by atoms with van der Waals surface area (Å²) in [7, 11) is 0. The summed E-state index contributed by atoms with van der Waals surface area (Å²) in [6.07, 6.45) is 60.3. The van der Waals surface area contributed by atoms with Gasteiger partial charge >= 0.3 is 17.9 Å². The van der Waals surface area contributed by atoms with Gasteiger partial charge in [-0.25, -0.2) is 0 Å². The summed E-state index contributed by atoms with van der Waals surface area (Å²) in [6, 6.07) is 0. The first-order chi connectivity index (χ1) is 29.5. The largest absolute Gasteiger partial charge is 0.462 e. The van der Waals surface area contributed by atoms with Crippen molar-refractivity contribution in [3.63, 3.8) is 0 Å². The van der Waals surface area contributed by atoms with Crippen molar-refractivity contribution in [1.29, 1.82) is 0 Å². The van der Waals surface area contributed by atoms with E-state index in [-0.39, 0.29) is 37.5 Å². The van der Waals surface area contributed by atoms with Crippen molar-refractivity contribution in [2.75, 3.05) is 13.2 Å². The Kier molecular flexibility index (Phi) is 46.0. The second kappa shape index (κ2) is 48.5. The van der Waals surface area contributed by atoms with Crippen LogP contribution in [0.25, 0.3) is 0 Å². The molecular formula is C54H92O6. The summed E-state index contributed by atoms with van der Waals surface area (Å²) >= 11 is 0. The van der Waals surface area contributed by atoms with Gasteiger partial charge in [0.2, 0.25) is 0 Å². The number of unbranched alkanes of at least 4 members (excludes halogenated alkanes) is 25. The molecule has 0 aromatic carbocycles. The van der Waals surface area contributed by atoms with Gasteiger partial charge in [0, 0.05) is 19.3 Å². The lowest BCUT2D eigenvalue weighted by Crippen LogP contribution is -2.30. The van der Waals surface area contributed by atoms with Gasteiger partial charge in [0.05, 0.1) is 0 Å². The van der Waals surface area contributed by atoms with Gasteiger partial charge in [0.1, 0.15) is 13.2 Å². The first-order valence-electron chi connectivity index (χ1n) is 25.0. The fraction of sp³-hybridized carbons (Fsp3) is 0.722. The Morgan fingerprint density at radius 2 is 0.683 bits per heavy atom. The molecule has 0 fully saturated rings. The molecule has 0 rings (SSSR count). The highest BCUT2D eigenvalue weighted by molar-refractivity contribution is 5.71. The molecule has 0 heterocycles. The Hall–Kier alpha value is -3.15. The zero-order valence-corrected chi connectivity index (χ0v) is 39.2. The van der Waals surface area contributed by atoms with Crippen LogP contribution in [0.3, 0.4) is 0 Å². The molecule has 0 saturated heterocycles. The molecule has 0 aliphatic carbocycles. The molecule has 0 saturated carbocycles. The molecule has 1 unspecified atom stereocenters. The van der Waals surface area contributed by atoms with E-state index in [0.29, 0.717) is 19.3 Å². The summed E-state index contributed by atoms with van der Waals surface area (Å²) in [4.78, 5) is 37.9. The highest BCUT2D eigenvalue weighted by Crippen LogP contribution is 2.15. The molecule has 0 spiro atoms. The standard InChI is InChI=1S/C54H92O6/c1-4-7-10-13-16-19-22-25-27-30-32-35-38-41-44-47-53(56)59-50-51(49-58-52(55)46-43-40-37-34-31-28-24-21-18-15-12-9-6-3)60-54(57)48-45-42-39-36-33-29-26-23-20-17-14-11-8-5-2/h9,12,15,18-19,21-22,24,28,31,34,37,51H,4-8,10-11,13-14,16-17,20,23,25-27,29-30,32-33,35-36,38-50H2,1-3H3/b12-9+,18-15+,22-19+,24-21+,31-28+,37-34+. The number of carbonyl (C=O) groups excluding carboxylic acids is 3. The maximum Gasteiger partial charge on any atom is 0.306 e. The number of allylic oxidation sites excluding steroid dienone is 12. The molecule has 1 atom stereocenters. The van der Waals surface area contributed by atoms with Crippen LogP contribution in [-0.2, 0) is 28.6 Å². The molecule has 6 nitrogen and oxygen atoms in total. The first kappa shape index (κ1) is 56.9. The van der Waals surface area contributed by atoms with Crippen LogP contribution >= 0.6 is 0 Å². The third-order valence-electron chi connectivity index (χ3n) is 10.6. The Balaban J connectivity index is 4.47. The summed E-state index contributed by atoms with van der Waals surface area (Å²) in [5.74, 6) is -0.978. The van der Waals surface area contributed by atoms with Gasteiger partial charge in [0.15, 0.2) is 6.10 Å². The average Bonchev–Trinajstić information content (AvgIpc) is 3.24. The minimum absolute atomic E-state index is 0.0987. The van der Waals surface area contributed by atoms with Crippen LogP contribution in [0, 0.1) is 0 Å². The summed E-state index contributed by atoms with van der Waals surface area (Å²) in [6.45, 7) is 6.41. The van der Waals surface area contributed by atoms with E-state index in [0.717, 1.165) is 51.4 Å². The molecule has 0 aliphatic rings. The topological polar surface area (TPSA) is 78.9 Å². The van der Waals surface area contributed by atoms with Gasteiger partial charge in [-0.15, -0.1) is 0 Å². The molecule has 0 bridgehead atoms. The van der Waals surface area contributed by atoms with Crippen LogP contribution in [0.1, 0.15) is 233 Å². The number of hydrogen-bond donors (Lipinski definition) is 0. The van der Waals surface area contributed by atoms with Gasteiger partial charge in [0.25, 0.3) is 0 Å². The van der Waals surface area contributed by atoms with Gasteiger partial charge in [-0.05, 0) is 57.8 Å². The molecule has 0 N–H and O–H groups in total. The molecule has 0 aliphatic heterocycles. The van der Waals surface area contributed by atoms with Crippen LogP contribution in [0.15, 0.2) is 72.9 Å². The van der Waals surface area contributed by atoms with Crippen LogP contribution in [0.2, 0.25) is 0 Å². The lowest BCUT2D eigenvalue weighted by Gasteiger charge is -2.18. The SMILES string of the molecule is CC/C=C/C=C/C=C/C=C/C=C/CCCC(=O)OCC(COC(=O)CCCCCCCCC/C=C/CCCCCC)OC(=O)CCCCCCCCCCCCCCCC. The second-order valence-corrected chi connectivity index (χ2v) is 16.5. The quantitative estimate of drug-likeness (QED) is 0.0200. The molecule has 6 heteroatoms. The second-order valence-electron chi connectivity index (χ2n) is 16.5. The van der Waals surface area contributed by atoms with Crippen molar-refractivity contribution < 1.29 is 28.6 Å². The van der Waals surface area contributed by atoms with E-state index in [2.05, 4.69) is 39.0 Å². The Morgan fingerprint density at radius 3 is 1.13 bits per heavy atom. The van der Waals surface area contributed by atoms with Crippen molar-refractivity contribution >= 4 is 17.9 Å². The zero-order valence-electron chi connectivity index (χ0n) is 39.2. The van der Waals surface area contributed by atoms with Gasteiger partial charge in [-0.2, -0.15) is 0 Å². The number of ether oxygens (including phenoxy) is 3. The number of carbonyl (C=O) groups is 3. The lowest BCUT2D eigenvalue weighted by atomic mass is 10.0. The van der Waals surface area contributed by atoms with Crippen LogP contribution in [0.4, 0.5) is 0 Å². The third kappa shape index (κ3) is 45.9. The van der Waals surface area contributed by atoms with E-state index < -0.39 is 6.10 Å². The number of esters is 3. The smallest absolute Gasteiger partial charge is 0.306 e. The monoisotopic (exact) mass is 837 g/mol. The minimum Gasteiger partial charge on any atom is -0.462 e.